The standard InChI is InChI=1S/C17H18BrNO2/c1-11-17(8-15(18)9-19-11)21-10-16(20)14-6-4-13(5-7-14)12-2-3-12/h4-9,12,16,20H,2-3,10H2,1H3. The van der Waals surface area contributed by atoms with E-state index < -0.39 is 6.10 Å². The summed E-state index contributed by atoms with van der Waals surface area (Å²) in [6.07, 6.45) is 3.69. The van der Waals surface area contributed by atoms with Gasteiger partial charge >= 0.3 is 0 Å². The van der Waals surface area contributed by atoms with Crippen LogP contribution in [-0.4, -0.2) is 16.7 Å². The molecular weight excluding hydrogens is 330 g/mol. The largest absolute Gasteiger partial charge is 0.489 e. The number of aryl methyl sites for hydroxylation is 1. The average molecular weight is 348 g/mol. The summed E-state index contributed by atoms with van der Waals surface area (Å²) < 4.78 is 6.55. The molecule has 1 aromatic heterocycles. The van der Waals surface area contributed by atoms with Crippen LogP contribution in [0.5, 0.6) is 5.75 Å². The highest BCUT2D eigenvalue weighted by atomic mass is 79.9. The Hall–Kier alpha value is -1.39. The molecule has 1 N–H and O–H groups in total. The Labute approximate surface area is 133 Å². The molecule has 3 rings (SSSR count). The van der Waals surface area contributed by atoms with Gasteiger partial charge in [0.1, 0.15) is 18.5 Å². The van der Waals surface area contributed by atoms with Gasteiger partial charge in [0.05, 0.1) is 5.69 Å². The molecule has 0 amide bonds. The number of rotatable bonds is 5. The van der Waals surface area contributed by atoms with Gasteiger partial charge in [-0.1, -0.05) is 24.3 Å². The predicted octanol–water partition coefficient (Wildman–Crippen LogP) is 4.14. The van der Waals surface area contributed by atoms with Gasteiger partial charge in [-0.05, 0) is 58.8 Å². The maximum Gasteiger partial charge on any atom is 0.141 e. The topological polar surface area (TPSA) is 42.4 Å². The summed E-state index contributed by atoms with van der Waals surface area (Å²) in [6.45, 7) is 2.11. The molecule has 1 aliphatic carbocycles. The molecule has 1 fully saturated rings. The highest BCUT2D eigenvalue weighted by molar-refractivity contribution is 9.10. The third-order valence-electron chi connectivity index (χ3n) is 3.77. The van der Waals surface area contributed by atoms with Gasteiger partial charge in [0.2, 0.25) is 0 Å². The van der Waals surface area contributed by atoms with Crippen LogP contribution in [0.4, 0.5) is 0 Å². The van der Waals surface area contributed by atoms with Crippen LogP contribution in [0.1, 0.15) is 41.7 Å². The van der Waals surface area contributed by atoms with Crippen LogP contribution in [0.25, 0.3) is 0 Å². The lowest BCUT2D eigenvalue weighted by Gasteiger charge is -2.14. The first-order valence-corrected chi connectivity index (χ1v) is 7.95. The molecule has 2 aromatic rings. The third-order valence-corrected chi connectivity index (χ3v) is 4.21. The lowest BCUT2D eigenvalue weighted by Crippen LogP contribution is -2.10. The zero-order valence-corrected chi connectivity index (χ0v) is 13.5. The SMILES string of the molecule is Cc1ncc(Br)cc1OCC(O)c1ccc(C2CC2)cc1. The highest BCUT2D eigenvalue weighted by Crippen LogP contribution is 2.40. The number of halogens is 1. The highest BCUT2D eigenvalue weighted by Gasteiger charge is 2.23. The molecule has 1 aliphatic rings. The molecule has 0 bridgehead atoms. The second-order valence-corrected chi connectivity index (χ2v) is 6.42. The number of nitrogens with zero attached hydrogens (tertiary/aromatic N) is 1. The molecule has 1 saturated carbocycles. The Morgan fingerprint density at radius 1 is 1.33 bits per heavy atom. The summed E-state index contributed by atoms with van der Waals surface area (Å²) in [4.78, 5) is 4.21. The van der Waals surface area contributed by atoms with Crippen molar-refractivity contribution in [2.75, 3.05) is 6.61 Å². The zero-order valence-electron chi connectivity index (χ0n) is 11.9. The number of hydrogen-bond acceptors (Lipinski definition) is 3. The number of aliphatic hydroxyl groups excluding tert-OH is 1. The zero-order chi connectivity index (χ0) is 14.8. The Balaban J connectivity index is 1.62. The Morgan fingerprint density at radius 2 is 2.05 bits per heavy atom. The van der Waals surface area contributed by atoms with Crippen molar-refractivity contribution < 1.29 is 9.84 Å². The second-order valence-electron chi connectivity index (χ2n) is 5.50. The Bertz CT molecular complexity index is 623. The lowest BCUT2D eigenvalue weighted by molar-refractivity contribution is 0.107. The molecule has 1 aromatic carbocycles. The summed E-state index contributed by atoms with van der Waals surface area (Å²) in [6, 6.07) is 10.1. The van der Waals surface area contributed by atoms with Crippen LogP contribution in [-0.2, 0) is 0 Å². The van der Waals surface area contributed by atoms with Gasteiger partial charge < -0.3 is 9.84 Å². The Morgan fingerprint density at radius 3 is 2.71 bits per heavy atom. The maximum atomic E-state index is 10.2. The van der Waals surface area contributed by atoms with Crippen molar-refractivity contribution in [2.45, 2.75) is 31.8 Å². The molecule has 0 spiro atoms. The van der Waals surface area contributed by atoms with E-state index in [0.29, 0.717) is 5.75 Å². The molecule has 0 radical (unpaired) electrons. The smallest absolute Gasteiger partial charge is 0.141 e. The summed E-state index contributed by atoms with van der Waals surface area (Å²) in [7, 11) is 0. The summed E-state index contributed by atoms with van der Waals surface area (Å²) in [5.74, 6) is 1.43. The van der Waals surface area contributed by atoms with Crippen LogP contribution in [0, 0.1) is 6.92 Å². The number of ether oxygens (including phenoxy) is 1. The van der Waals surface area contributed by atoms with E-state index in [1.54, 1.807) is 6.20 Å². The van der Waals surface area contributed by atoms with E-state index in [-0.39, 0.29) is 6.61 Å². The van der Waals surface area contributed by atoms with Crippen molar-refractivity contribution in [3.05, 3.63) is 57.8 Å². The van der Waals surface area contributed by atoms with E-state index in [0.717, 1.165) is 21.6 Å². The molecule has 0 aliphatic heterocycles. The fourth-order valence-corrected chi connectivity index (χ4v) is 2.62. The second kappa shape index (κ2) is 6.16. The Kier molecular flexibility index (Phi) is 4.27. The van der Waals surface area contributed by atoms with E-state index in [1.807, 2.05) is 25.1 Å². The van der Waals surface area contributed by atoms with Gasteiger partial charge in [-0.15, -0.1) is 0 Å². The summed E-state index contributed by atoms with van der Waals surface area (Å²) in [5.41, 5.74) is 3.08. The monoisotopic (exact) mass is 347 g/mol. The molecule has 4 heteroatoms. The van der Waals surface area contributed by atoms with Crippen LogP contribution in [0.2, 0.25) is 0 Å². The minimum absolute atomic E-state index is 0.224. The fraction of sp³-hybridized carbons (Fsp3) is 0.353. The van der Waals surface area contributed by atoms with E-state index in [1.165, 1.54) is 18.4 Å². The van der Waals surface area contributed by atoms with Crippen LogP contribution in [0.3, 0.4) is 0 Å². The van der Waals surface area contributed by atoms with E-state index in [2.05, 4.69) is 33.0 Å². The van der Waals surface area contributed by atoms with Gasteiger partial charge in [-0.3, -0.25) is 4.98 Å². The van der Waals surface area contributed by atoms with Crippen LogP contribution < -0.4 is 4.74 Å². The van der Waals surface area contributed by atoms with Gasteiger partial charge in [0.25, 0.3) is 0 Å². The normalized spacial score (nSPS) is 15.8. The average Bonchev–Trinajstić information content (AvgIpc) is 3.33. The molecular formula is C17H18BrNO2. The maximum absolute atomic E-state index is 10.2. The van der Waals surface area contributed by atoms with Crippen LogP contribution in [0.15, 0.2) is 41.0 Å². The summed E-state index contributed by atoms with van der Waals surface area (Å²) in [5, 5.41) is 10.2. The summed E-state index contributed by atoms with van der Waals surface area (Å²) >= 11 is 3.37. The van der Waals surface area contributed by atoms with Crippen LogP contribution >= 0.6 is 15.9 Å². The van der Waals surface area contributed by atoms with Crippen molar-refractivity contribution >= 4 is 15.9 Å². The van der Waals surface area contributed by atoms with Gasteiger partial charge in [-0.25, -0.2) is 0 Å². The van der Waals surface area contributed by atoms with Gasteiger partial charge in [0, 0.05) is 10.7 Å². The molecule has 1 unspecified atom stereocenters. The minimum atomic E-state index is -0.628. The fourth-order valence-electron chi connectivity index (χ4n) is 2.31. The quantitative estimate of drug-likeness (QED) is 0.883. The van der Waals surface area contributed by atoms with E-state index in [9.17, 15) is 5.11 Å². The molecule has 1 heterocycles. The van der Waals surface area contributed by atoms with Crippen molar-refractivity contribution in [1.82, 2.24) is 4.98 Å². The number of benzene rings is 1. The number of aliphatic hydroxyl groups is 1. The molecule has 0 saturated heterocycles. The molecule has 110 valence electrons. The van der Waals surface area contributed by atoms with Gasteiger partial charge in [-0.2, -0.15) is 0 Å². The first kappa shape index (κ1) is 14.5. The van der Waals surface area contributed by atoms with Gasteiger partial charge in [0.15, 0.2) is 0 Å². The van der Waals surface area contributed by atoms with Crippen molar-refractivity contribution in [3.63, 3.8) is 0 Å². The molecule has 21 heavy (non-hydrogen) atoms. The minimum Gasteiger partial charge on any atom is -0.489 e. The van der Waals surface area contributed by atoms with Crippen molar-refractivity contribution in [1.29, 1.82) is 0 Å². The third kappa shape index (κ3) is 3.63. The van der Waals surface area contributed by atoms with E-state index in [4.69, 9.17) is 4.74 Å². The lowest BCUT2D eigenvalue weighted by atomic mass is 10.1. The molecule has 1 atom stereocenters. The number of pyridine rings is 1. The van der Waals surface area contributed by atoms with E-state index >= 15 is 0 Å². The van der Waals surface area contributed by atoms with Crippen molar-refractivity contribution in [3.8, 4) is 5.75 Å². The first-order valence-electron chi connectivity index (χ1n) is 7.16. The first-order chi connectivity index (χ1) is 10.1. The number of aromatic nitrogens is 1. The molecule has 3 nitrogen and oxygen atoms in total. The predicted molar refractivity (Wildman–Crippen MR) is 85.5 cm³/mol. The number of hydrogen-bond donors (Lipinski definition) is 1. The van der Waals surface area contributed by atoms with Crippen molar-refractivity contribution in [2.24, 2.45) is 0 Å².